The molecule has 0 aliphatic heterocycles. The lowest BCUT2D eigenvalue weighted by Crippen LogP contribution is -2.40. The molecule has 152 valence electrons. The van der Waals surface area contributed by atoms with Gasteiger partial charge in [0.2, 0.25) is 0 Å². The van der Waals surface area contributed by atoms with Crippen LogP contribution in [0.1, 0.15) is 65.2 Å². The standard InChI is InChI=1S/C14H32O8S2Si/c1-5-7-9-11-13-19-23(15,16)21-25(3,4)22-24(17,18)20-14-12-10-8-6-2/h5-14H2,1-4H3. The van der Waals surface area contributed by atoms with Crippen molar-refractivity contribution in [2.75, 3.05) is 13.2 Å². The molecule has 8 nitrogen and oxygen atoms in total. The fourth-order valence-electron chi connectivity index (χ4n) is 1.93. The third kappa shape index (κ3) is 14.8. The van der Waals surface area contributed by atoms with Crippen LogP contribution in [0, 0.1) is 0 Å². The van der Waals surface area contributed by atoms with Crippen LogP contribution in [0.3, 0.4) is 0 Å². The third-order valence-electron chi connectivity index (χ3n) is 3.06. The highest BCUT2D eigenvalue weighted by atomic mass is 32.3. The lowest BCUT2D eigenvalue weighted by atomic mass is 10.2. The second-order valence-electron chi connectivity index (χ2n) is 6.15. The zero-order chi connectivity index (χ0) is 19.4. The van der Waals surface area contributed by atoms with Crippen LogP contribution in [0.25, 0.3) is 0 Å². The summed E-state index contributed by atoms with van der Waals surface area (Å²) in [5.41, 5.74) is 0. The molecular weight excluding hydrogens is 388 g/mol. The SMILES string of the molecule is CCCCCCOS(=O)(=O)O[Si](C)(C)OS(=O)(=O)OCCCCCC. The van der Waals surface area contributed by atoms with Crippen LogP contribution in [-0.2, 0) is 36.9 Å². The van der Waals surface area contributed by atoms with E-state index >= 15 is 0 Å². The van der Waals surface area contributed by atoms with Crippen LogP contribution >= 0.6 is 0 Å². The van der Waals surface area contributed by atoms with Crippen molar-refractivity contribution in [2.24, 2.45) is 0 Å². The van der Waals surface area contributed by atoms with Crippen molar-refractivity contribution < 1.29 is 32.9 Å². The molecule has 0 saturated heterocycles. The van der Waals surface area contributed by atoms with Gasteiger partial charge in [-0.2, -0.15) is 16.8 Å². The van der Waals surface area contributed by atoms with E-state index in [-0.39, 0.29) is 13.2 Å². The molecule has 0 radical (unpaired) electrons. The summed E-state index contributed by atoms with van der Waals surface area (Å²) in [6.45, 7) is 6.66. The topological polar surface area (TPSA) is 105 Å². The molecule has 11 heteroatoms. The predicted molar refractivity (Wildman–Crippen MR) is 97.7 cm³/mol. The van der Waals surface area contributed by atoms with E-state index in [2.05, 4.69) is 0 Å². The summed E-state index contributed by atoms with van der Waals surface area (Å²) in [7, 11) is -12.2. The minimum atomic E-state index is -4.31. The zero-order valence-corrected chi connectivity index (χ0v) is 18.3. The normalized spacial score (nSPS) is 13.3. The zero-order valence-electron chi connectivity index (χ0n) is 15.7. The van der Waals surface area contributed by atoms with Crippen LogP contribution < -0.4 is 0 Å². The molecule has 0 aliphatic carbocycles. The van der Waals surface area contributed by atoms with Gasteiger partial charge in [0.1, 0.15) is 0 Å². The predicted octanol–water partition coefficient (Wildman–Crippen LogP) is 3.40. The van der Waals surface area contributed by atoms with E-state index in [0.29, 0.717) is 12.8 Å². The van der Waals surface area contributed by atoms with Gasteiger partial charge in [0, 0.05) is 0 Å². The Balaban J connectivity index is 4.34. The Labute approximate surface area is 154 Å². The summed E-state index contributed by atoms with van der Waals surface area (Å²) >= 11 is 0. The molecule has 0 aromatic rings. The van der Waals surface area contributed by atoms with Crippen molar-refractivity contribution in [1.29, 1.82) is 0 Å². The van der Waals surface area contributed by atoms with Crippen LogP contribution in [0.2, 0.25) is 13.1 Å². The summed E-state index contributed by atoms with van der Waals surface area (Å²) in [6, 6.07) is 0. The largest absolute Gasteiger partial charge is 0.392 e. The summed E-state index contributed by atoms with van der Waals surface area (Å²) in [6.07, 6.45) is 6.88. The molecule has 25 heavy (non-hydrogen) atoms. The van der Waals surface area contributed by atoms with Gasteiger partial charge < -0.3 is 0 Å². The Morgan fingerprint density at radius 2 is 1.00 bits per heavy atom. The fraction of sp³-hybridized carbons (Fsp3) is 1.00. The van der Waals surface area contributed by atoms with Gasteiger partial charge in [-0.15, -0.1) is 0 Å². The summed E-state index contributed by atoms with van der Waals surface area (Å²) < 4.78 is 66.2. The van der Waals surface area contributed by atoms with Gasteiger partial charge in [-0.3, -0.25) is 7.74 Å². The fourth-order valence-corrected chi connectivity index (χ4v) is 7.26. The van der Waals surface area contributed by atoms with E-state index in [1.807, 2.05) is 13.8 Å². The Morgan fingerprint density at radius 1 is 0.640 bits per heavy atom. The van der Waals surface area contributed by atoms with E-state index < -0.39 is 29.4 Å². The molecule has 0 atom stereocenters. The van der Waals surface area contributed by atoms with Crippen LogP contribution in [-0.4, -0.2) is 38.6 Å². The molecule has 0 aromatic carbocycles. The first-order valence-electron chi connectivity index (χ1n) is 8.73. The highest BCUT2D eigenvalue weighted by molar-refractivity contribution is 7.84. The first-order valence-corrected chi connectivity index (χ1v) is 14.2. The van der Waals surface area contributed by atoms with Crippen molar-refractivity contribution in [3.05, 3.63) is 0 Å². The molecule has 0 rings (SSSR count). The maximum atomic E-state index is 11.8. The first-order chi connectivity index (χ1) is 11.5. The van der Waals surface area contributed by atoms with Gasteiger partial charge in [0.05, 0.1) is 13.2 Å². The second kappa shape index (κ2) is 12.4. The van der Waals surface area contributed by atoms with E-state index in [0.717, 1.165) is 38.5 Å². The van der Waals surface area contributed by atoms with Crippen molar-refractivity contribution in [3.63, 3.8) is 0 Å². The lowest BCUT2D eigenvalue weighted by Gasteiger charge is -2.20. The molecule has 0 N–H and O–H groups in total. The van der Waals surface area contributed by atoms with Crippen molar-refractivity contribution in [3.8, 4) is 0 Å². The summed E-state index contributed by atoms with van der Waals surface area (Å²) in [4.78, 5) is 0. The first kappa shape index (κ1) is 25.0. The van der Waals surface area contributed by atoms with Gasteiger partial charge in [0.15, 0.2) is 0 Å². The van der Waals surface area contributed by atoms with Crippen LogP contribution in [0.5, 0.6) is 0 Å². The summed E-state index contributed by atoms with van der Waals surface area (Å²) in [5, 5.41) is 0. The van der Waals surface area contributed by atoms with E-state index in [1.165, 1.54) is 13.1 Å². The van der Waals surface area contributed by atoms with Gasteiger partial charge >= 0.3 is 29.4 Å². The molecule has 0 amide bonds. The van der Waals surface area contributed by atoms with E-state index in [9.17, 15) is 16.8 Å². The van der Waals surface area contributed by atoms with Gasteiger partial charge in [-0.05, 0) is 25.9 Å². The summed E-state index contributed by atoms with van der Waals surface area (Å²) in [5.74, 6) is 0. The van der Waals surface area contributed by atoms with Crippen molar-refractivity contribution >= 4 is 29.4 Å². The Kier molecular flexibility index (Phi) is 12.3. The number of rotatable bonds is 16. The highest BCUT2D eigenvalue weighted by Crippen LogP contribution is 2.17. The highest BCUT2D eigenvalue weighted by Gasteiger charge is 2.38. The average Bonchev–Trinajstić information content (AvgIpc) is 2.44. The molecule has 0 aliphatic rings. The Morgan fingerprint density at radius 3 is 1.32 bits per heavy atom. The Hall–Kier alpha value is -0.0431. The molecule has 0 spiro atoms. The molecule has 0 aromatic heterocycles. The quantitative estimate of drug-likeness (QED) is 0.276. The number of hydrogen-bond acceptors (Lipinski definition) is 8. The molecule has 0 saturated carbocycles. The van der Waals surface area contributed by atoms with Gasteiger partial charge in [-0.1, -0.05) is 52.4 Å². The third-order valence-corrected chi connectivity index (χ3v) is 8.81. The number of hydrogen-bond donors (Lipinski definition) is 0. The average molecular weight is 421 g/mol. The molecule has 0 bridgehead atoms. The van der Waals surface area contributed by atoms with Crippen molar-refractivity contribution in [2.45, 2.75) is 78.3 Å². The maximum Gasteiger partial charge on any atom is 0.392 e. The van der Waals surface area contributed by atoms with E-state index in [4.69, 9.17) is 16.1 Å². The van der Waals surface area contributed by atoms with Crippen LogP contribution in [0.4, 0.5) is 0 Å². The molecule has 0 fully saturated rings. The minimum absolute atomic E-state index is 0.00646. The van der Waals surface area contributed by atoms with Gasteiger partial charge in [-0.25, -0.2) is 8.37 Å². The molecule has 0 heterocycles. The van der Waals surface area contributed by atoms with E-state index in [1.54, 1.807) is 0 Å². The van der Waals surface area contributed by atoms with Crippen LogP contribution in [0.15, 0.2) is 0 Å². The smallest absolute Gasteiger partial charge is 0.262 e. The number of unbranched alkanes of at least 4 members (excludes halogenated alkanes) is 6. The monoisotopic (exact) mass is 420 g/mol. The maximum absolute atomic E-state index is 11.8. The minimum Gasteiger partial charge on any atom is -0.262 e. The second-order valence-corrected chi connectivity index (χ2v) is 12.4. The Bertz CT molecular complexity index is 497. The van der Waals surface area contributed by atoms with Gasteiger partial charge in [0.25, 0.3) is 0 Å². The van der Waals surface area contributed by atoms with Crippen molar-refractivity contribution in [1.82, 2.24) is 0 Å². The molecular formula is C14H32O8S2Si. The molecule has 0 unspecified atom stereocenters. The lowest BCUT2D eigenvalue weighted by molar-refractivity contribution is 0.234.